The zero-order valence-electron chi connectivity index (χ0n) is 14.2. The first-order valence-electron chi connectivity index (χ1n) is 9.45. The Hall–Kier alpha value is -0.210. The number of rotatable bonds is 6. The van der Waals surface area contributed by atoms with Crippen LogP contribution in [0.3, 0.4) is 0 Å². The van der Waals surface area contributed by atoms with Crippen LogP contribution in [-0.4, -0.2) is 18.5 Å². The van der Waals surface area contributed by atoms with Crippen molar-refractivity contribution in [3.63, 3.8) is 0 Å². The summed E-state index contributed by atoms with van der Waals surface area (Å²) < 4.78 is 40.5. The van der Waals surface area contributed by atoms with E-state index >= 15 is 0 Å². The van der Waals surface area contributed by atoms with E-state index in [0.29, 0.717) is 5.92 Å². The molecular formula is C19H33F3. The number of hydrogen-bond acceptors (Lipinski definition) is 0. The van der Waals surface area contributed by atoms with Crippen molar-refractivity contribution in [3.05, 3.63) is 0 Å². The van der Waals surface area contributed by atoms with Crippen LogP contribution in [0.4, 0.5) is 13.2 Å². The van der Waals surface area contributed by atoms with Gasteiger partial charge in [-0.3, -0.25) is 0 Å². The summed E-state index contributed by atoms with van der Waals surface area (Å²) in [6.07, 6.45) is 6.29. The smallest absolute Gasteiger partial charge is 0.162 e. The van der Waals surface area contributed by atoms with E-state index in [9.17, 15) is 13.2 Å². The van der Waals surface area contributed by atoms with Crippen LogP contribution in [-0.2, 0) is 0 Å². The van der Waals surface area contributed by atoms with Crippen LogP contribution in [0.15, 0.2) is 0 Å². The van der Waals surface area contributed by atoms with Crippen molar-refractivity contribution < 1.29 is 13.2 Å². The molecule has 3 heteroatoms. The molecule has 2 aliphatic carbocycles. The summed E-state index contributed by atoms with van der Waals surface area (Å²) in [5.74, 6) is 2.16. The highest BCUT2D eigenvalue weighted by atomic mass is 19.2. The number of hydrogen-bond donors (Lipinski definition) is 0. The highest BCUT2D eigenvalue weighted by Gasteiger charge is 2.37. The fourth-order valence-electron chi connectivity index (χ4n) is 4.80. The predicted molar refractivity (Wildman–Crippen MR) is 86.2 cm³/mol. The van der Waals surface area contributed by atoms with Gasteiger partial charge in [0.15, 0.2) is 6.17 Å². The summed E-state index contributed by atoms with van der Waals surface area (Å²) in [5, 5.41) is 0. The molecule has 0 spiro atoms. The van der Waals surface area contributed by atoms with Crippen LogP contribution in [0.5, 0.6) is 0 Å². The van der Waals surface area contributed by atoms with Gasteiger partial charge >= 0.3 is 0 Å². The van der Waals surface area contributed by atoms with E-state index in [2.05, 4.69) is 6.92 Å². The Bertz CT molecular complexity index is 302. The molecule has 0 unspecified atom stereocenters. The Morgan fingerprint density at radius 1 is 0.818 bits per heavy atom. The third-order valence-corrected chi connectivity index (χ3v) is 6.26. The SMILES string of the molecule is CCCC1CCC(C2CCC([C@@H](F)[C@H](F)[C@H](C)F)CC2)CC1. The minimum Gasteiger partial charge on any atom is -0.244 e. The fourth-order valence-corrected chi connectivity index (χ4v) is 4.80. The second-order valence-electron chi connectivity index (χ2n) is 7.81. The van der Waals surface area contributed by atoms with Gasteiger partial charge in [0.2, 0.25) is 0 Å². The maximum Gasteiger partial charge on any atom is 0.162 e. The molecule has 3 atom stereocenters. The Labute approximate surface area is 134 Å². The van der Waals surface area contributed by atoms with Gasteiger partial charge in [-0.1, -0.05) is 32.6 Å². The van der Waals surface area contributed by atoms with Gasteiger partial charge in [-0.15, -0.1) is 0 Å². The molecule has 22 heavy (non-hydrogen) atoms. The van der Waals surface area contributed by atoms with Crippen LogP contribution in [0.2, 0.25) is 0 Å². The van der Waals surface area contributed by atoms with Gasteiger partial charge in [-0.25, -0.2) is 13.2 Å². The topological polar surface area (TPSA) is 0 Å². The van der Waals surface area contributed by atoms with Crippen molar-refractivity contribution in [1.29, 1.82) is 0 Å². The van der Waals surface area contributed by atoms with Crippen molar-refractivity contribution in [1.82, 2.24) is 0 Å². The quantitative estimate of drug-likeness (QED) is 0.529. The Kier molecular flexibility index (Phi) is 7.08. The molecule has 0 radical (unpaired) electrons. The van der Waals surface area contributed by atoms with Crippen LogP contribution < -0.4 is 0 Å². The lowest BCUT2D eigenvalue weighted by Crippen LogP contribution is -2.36. The third-order valence-electron chi connectivity index (χ3n) is 6.26. The van der Waals surface area contributed by atoms with E-state index in [1.54, 1.807) is 0 Å². The first-order chi connectivity index (χ1) is 10.5. The lowest BCUT2D eigenvalue weighted by molar-refractivity contribution is 0.0284. The molecule has 2 fully saturated rings. The Morgan fingerprint density at radius 2 is 1.32 bits per heavy atom. The van der Waals surface area contributed by atoms with Crippen molar-refractivity contribution in [2.24, 2.45) is 23.7 Å². The van der Waals surface area contributed by atoms with Gasteiger partial charge < -0.3 is 0 Å². The summed E-state index contributed by atoms with van der Waals surface area (Å²) in [4.78, 5) is 0. The van der Waals surface area contributed by atoms with Crippen LogP contribution in [0.25, 0.3) is 0 Å². The molecule has 130 valence electrons. The van der Waals surface area contributed by atoms with Crippen molar-refractivity contribution in [2.75, 3.05) is 0 Å². The maximum absolute atomic E-state index is 14.0. The van der Waals surface area contributed by atoms with Crippen LogP contribution in [0.1, 0.15) is 78.1 Å². The first kappa shape index (κ1) is 18.1. The van der Waals surface area contributed by atoms with E-state index in [-0.39, 0.29) is 5.92 Å². The highest BCUT2D eigenvalue weighted by Crippen LogP contribution is 2.43. The summed E-state index contributed by atoms with van der Waals surface area (Å²) in [7, 11) is 0. The van der Waals surface area contributed by atoms with Crippen molar-refractivity contribution in [3.8, 4) is 0 Å². The highest BCUT2D eigenvalue weighted by molar-refractivity contribution is 4.87. The molecule has 0 heterocycles. The molecule has 0 saturated heterocycles. The van der Waals surface area contributed by atoms with Crippen LogP contribution >= 0.6 is 0 Å². The van der Waals surface area contributed by atoms with E-state index in [4.69, 9.17) is 0 Å². The molecule has 0 aliphatic heterocycles. The van der Waals surface area contributed by atoms with E-state index in [1.165, 1.54) is 38.5 Å². The number of halogens is 3. The molecule has 0 aromatic heterocycles. The molecule has 0 amide bonds. The normalized spacial score (nSPS) is 37.5. The fraction of sp³-hybridized carbons (Fsp3) is 1.00. The molecule has 0 bridgehead atoms. The molecule has 0 aromatic rings. The minimum absolute atomic E-state index is 0.263. The zero-order chi connectivity index (χ0) is 16.1. The monoisotopic (exact) mass is 318 g/mol. The average molecular weight is 318 g/mol. The molecule has 0 aromatic carbocycles. The lowest BCUT2D eigenvalue weighted by atomic mass is 9.68. The predicted octanol–water partition coefficient (Wildman–Crippen LogP) is 6.43. The molecule has 2 aliphatic rings. The van der Waals surface area contributed by atoms with Gasteiger partial charge in [0.25, 0.3) is 0 Å². The summed E-state index contributed by atoms with van der Waals surface area (Å²) >= 11 is 0. The van der Waals surface area contributed by atoms with E-state index < -0.39 is 18.5 Å². The lowest BCUT2D eigenvalue weighted by Gasteiger charge is -2.39. The van der Waals surface area contributed by atoms with Crippen molar-refractivity contribution >= 4 is 0 Å². The third kappa shape index (κ3) is 4.64. The zero-order valence-corrected chi connectivity index (χ0v) is 14.2. The molecule has 2 saturated carbocycles. The maximum atomic E-state index is 14.0. The largest absolute Gasteiger partial charge is 0.244 e. The standard InChI is InChI=1S/C19H33F3/c1-3-4-14-5-7-15(8-6-14)16-9-11-17(12-10-16)19(22)18(21)13(2)20/h13-19H,3-12H2,1-2H3/t13-,14?,15?,16?,17?,18+,19+/m0/s1. The second-order valence-corrected chi connectivity index (χ2v) is 7.81. The minimum atomic E-state index is -1.94. The average Bonchev–Trinajstić information content (AvgIpc) is 2.54. The van der Waals surface area contributed by atoms with Gasteiger partial charge in [0, 0.05) is 0 Å². The Balaban J connectivity index is 1.73. The van der Waals surface area contributed by atoms with E-state index in [1.807, 2.05) is 0 Å². The summed E-state index contributed by atoms with van der Waals surface area (Å²) in [5.41, 5.74) is 0. The molecular weight excluding hydrogens is 285 g/mol. The first-order valence-corrected chi connectivity index (χ1v) is 9.45. The van der Waals surface area contributed by atoms with E-state index in [0.717, 1.165) is 44.4 Å². The van der Waals surface area contributed by atoms with Crippen molar-refractivity contribution in [2.45, 2.75) is 96.6 Å². The summed E-state index contributed by atoms with van der Waals surface area (Å²) in [6.45, 7) is 3.38. The molecule has 0 nitrogen and oxygen atoms in total. The number of alkyl halides is 3. The molecule has 2 rings (SSSR count). The van der Waals surface area contributed by atoms with Gasteiger partial charge in [0.1, 0.15) is 12.3 Å². The van der Waals surface area contributed by atoms with Gasteiger partial charge in [0.05, 0.1) is 0 Å². The van der Waals surface area contributed by atoms with Gasteiger partial charge in [-0.05, 0) is 69.1 Å². The van der Waals surface area contributed by atoms with Gasteiger partial charge in [-0.2, -0.15) is 0 Å². The second kappa shape index (κ2) is 8.59. The van der Waals surface area contributed by atoms with Crippen LogP contribution in [0, 0.1) is 23.7 Å². The molecule has 0 N–H and O–H groups in total. The Morgan fingerprint density at radius 3 is 1.77 bits per heavy atom. The summed E-state index contributed by atoms with van der Waals surface area (Å²) in [6, 6.07) is 0.